The molecule has 1 heterocycles. The second-order valence-corrected chi connectivity index (χ2v) is 6.78. The van der Waals surface area contributed by atoms with Gasteiger partial charge in [-0.15, -0.1) is 11.3 Å². The molecule has 3 heteroatoms. The van der Waals surface area contributed by atoms with Crippen molar-refractivity contribution in [2.24, 2.45) is 5.73 Å². The Morgan fingerprint density at radius 1 is 1.15 bits per heavy atom. The van der Waals surface area contributed by atoms with Crippen molar-refractivity contribution in [3.05, 3.63) is 50.2 Å². The van der Waals surface area contributed by atoms with E-state index in [0.29, 0.717) is 0 Å². The first kappa shape index (κ1) is 13.7. The van der Waals surface area contributed by atoms with E-state index in [2.05, 4.69) is 32.0 Å². The summed E-state index contributed by atoms with van der Waals surface area (Å²) in [5.74, 6) is 0.967. The van der Waals surface area contributed by atoms with Crippen molar-refractivity contribution < 1.29 is 4.74 Å². The first-order chi connectivity index (χ1) is 9.60. The third kappa shape index (κ3) is 2.25. The molecule has 0 aliphatic heterocycles. The Hall–Kier alpha value is -1.32. The third-order valence-electron chi connectivity index (χ3n) is 4.12. The summed E-state index contributed by atoms with van der Waals surface area (Å²) in [5.41, 5.74) is 11.5. The zero-order valence-electron chi connectivity index (χ0n) is 12.3. The number of rotatable bonds is 3. The molecule has 106 valence electrons. The summed E-state index contributed by atoms with van der Waals surface area (Å²) in [6.07, 6.45) is 3.75. The zero-order chi connectivity index (χ0) is 14.3. The Morgan fingerprint density at radius 2 is 1.85 bits per heavy atom. The van der Waals surface area contributed by atoms with Gasteiger partial charge in [0, 0.05) is 9.75 Å². The van der Waals surface area contributed by atoms with E-state index >= 15 is 0 Å². The maximum atomic E-state index is 6.48. The number of methoxy groups -OCH3 is 1. The largest absolute Gasteiger partial charge is 0.496 e. The molecule has 0 amide bonds. The summed E-state index contributed by atoms with van der Waals surface area (Å²) in [6, 6.07) is 6.60. The number of fused-ring (bicyclic) bond motifs is 1. The average Bonchev–Trinajstić information content (AvgIpc) is 2.98. The number of nitrogens with two attached hydrogens (primary N) is 1. The minimum atomic E-state index is -0.0195. The van der Waals surface area contributed by atoms with Gasteiger partial charge in [0.05, 0.1) is 13.2 Å². The molecule has 20 heavy (non-hydrogen) atoms. The van der Waals surface area contributed by atoms with Gasteiger partial charge in [-0.05, 0) is 61.4 Å². The second-order valence-electron chi connectivity index (χ2n) is 5.62. The van der Waals surface area contributed by atoms with Crippen LogP contribution in [-0.4, -0.2) is 7.11 Å². The predicted molar refractivity (Wildman–Crippen MR) is 84.8 cm³/mol. The van der Waals surface area contributed by atoms with Gasteiger partial charge in [0.25, 0.3) is 0 Å². The number of benzene rings is 1. The number of hydrogen-bond donors (Lipinski definition) is 1. The van der Waals surface area contributed by atoms with Crippen molar-refractivity contribution in [1.29, 1.82) is 0 Å². The fourth-order valence-electron chi connectivity index (χ4n) is 3.15. The van der Waals surface area contributed by atoms with Crippen LogP contribution in [0.4, 0.5) is 0 Å². The first-order valence-corrected chi connectivity index (χ1v) is 7.94. The maximum absolute atomic E-state index is 6.48. The standard InChI is InChI=1S/C17H21NOS/c1-10-7-13(8-11(2)17(10)19-3)16(18)15-9-12-5-4-6-14(12)20-15/h7-9,16H,4-6,18H2,1-3H3. The molecular formula is C17H21NOS. The van der Waals surface area contributed by atoms with Crippen molar-refractivity contribution in [2.45, 2.75) is 39.2 Å². The van der Waals surface area contributed by atoms with Crippen LogP contribution in [0.5, 0.6) is 5.75 Å². The summed E-state index contributed by atoms with van der Waals surface area (Å²) in [6.45, 7) is 4.16. The van der Waals surface area contributed by atoms with Gasteiger partial charge in [-0.2, -0.15) is 0 Å². The minimum absolute atomic E-state index is 0.0195. The van der Waals surface area contributed by atoms with Gasteiger partial charge >= 0.3 is 0 Å². The summed E-state index contributed by atoms with van der Waals surface area (Å²) in [5, 5.41) is 0. The molecule has 1 aliphatic carbocycles. The van der Waals surface area contributed by atoms with Crippen molar-refractivity contribution in [3.8, 4) is 5.75 Å². The van der Waals surface area contributed by atoms with Crippen LogP contribution in [0.25, 0.3) is 0 Å². The van der Waals surface area contributed by atoms with E-state index in [1.54, 1.807) is 7.11 Å². The van der Waals surface area contributed by atoms with Crippen LogP contribution in [0.15, 0.2) is 18.2 Å². The molecular weight excluding hydrogens is 266 g/mol. The fourth-order valence-corrected chi connectivity index (χ4v) is 4.44. The molecule has 1 atom stereocenters. The molecule has 2 N–H and O–H groups in total. The van der Waals surface area contributed by atoms with E-state index in [0.717, 1.165) is 16.9 Å². The molecule has 0 saturated carbocycles. The molecule has 2 aromatic rings. The predicted octanol–water partition coefficient (Wildman–Crippen LogP) is 3.91. The molecule has 0 bridgehead atoms. The smallest absolute Gasteiger partial charge is 0.124 e. The molecule has 0 radical (unpaired) electrons. The van der Waals surface area contributed by atoms with Crippen LogP contribution in [0.3, 0.4) is 0 Å². The maximum Gasteiger partial charge on any atom is 0.124 e. The Kier molecular flexibility index (Phi) is 3.57. The quantitative estimate of drug-likeness (QED) is 0.929. The third-order valence-corrected chi connectivity index (χ3v) is 5.44. The monoisotopic (exact) mass is 287 g/mol. The number of hydrogen-bond acceptors (Lipinski definition) is 3. The second kappa shape index (κ2) is 5.23. The molecule has 0 fully saturated rings. The fraction of sp³-hybridized carbons (Fsp3) is 0.412. The van der Waals surface area contributed by atoms with Crippen molar-refractivity contribution in [2.75, 3.05) is 7.11 Å². The molecule has 3 rings (SSSR count). The first-order valence-electron chi connectivity index (χ1n) is 7.12. The van der Waals surface area contributed by atoms with E-state index in [4.69, 9.17) is 10.5 Å². The molecule has 0 spiro atoms. The van der Waals surface area contributed by atoms with E-state index < -0.39 is 0 Å². The SMILES string of the molecule is COc1c(C)cc(C(N)c2cc3c(s2)CCC3)cc1C. The van der Waals surface area contributed by atoms with Crippen molar-refractivity contribution in [1.82, 2.24) is 0 Å². The van der Waals surface area contributed by atoms with Crippen LogP contribution in [0, 0.1) is 13.8 Å². The van der Waals surface area contributed by atoms with Crippen LogP contribution in [0.2, 0.25) is 0 Å². The highest BCUT2D eigenvalue weighted by Crippen LogP contribution is 2.36. The van der Waals surface area contributed by atoms with Crippen molar-refractivity contribution in [3.63, 3.8) is 0 Å². The van der Waals surface area contributed by atoms with Gasteiger partial charge in [-0.25, -0.2) is 0 Å². The van der Waals surface area contributed by atoms with Crippen LogP contribution < -0.4 is 10.5 Å². The van der Waals surface area contributed by atoms with Gasteiger partial charge in [0.1, 0.15) is 5.75 Å². The molecule has 2 nitrogen and oxygen atoms in total. The van der Waals surface area contributed by atoms with Gasteiger partial charge in [-0.3, -0.25) is 0 Å². The molecule has 1 unspecified atom stereocenters. The van der Waals surface area contributed by atoms with E-state index in [1.807, 2.05) is 11.3 Å². The Labute approximate surface area is 124 Å². The molecule has 1 aromatic carbocycles. The minimum Gasteiger partial charge on any atom is -0.496 e. The lowest BCUT2D eigenvalue weighted by Gasteiger charge is -2.15. The lowest BCUT2D eigenvalue weighted by molar-refractivity contribution is 0.408. The Morgan fingerprint density at radius 3 is 2.45 bits per heavy atom. The summed E-state index contributed by atoms with van der Waals surface area (Å²) >= 11 is 1.89. The topological polar surface area (TPSA) is 35.2 Å². The normalized spacial score (nSPS) is 15.2. The molecule has 1 aromatic heterocycles. The van der Waals surface area contributed by atoms with Gasteiger partial charge < -0.3 is 10.5 Å². The van der Waals surface area contributed by atoms with Gasteiger partial charge in [-0.1, -0.05) is 12.1 Å². The average molecular weight is 287 g/mol. The van der Waals surface area contributed by atoms with Gasteiger partial charge in [0.2, 0.25) is 0 Å². The summed E-state index contributed by atoms with van der Waals surface area (Å²) in [7, 11) is 1.72. The van der Waals surface area contributed by atoms with Gasteiger partial charge in [0.15, 0.2) is 0 Å². The van der Waals surface area contributed by atoms with Crippen LogP contribution in [-0.2, 0) is 12.8 Å². The zero-order valence-corrected chi connectivity index (χ0v) is 13.1. The highest BCUT2D eigenvalue weighted by Gasteiger charge is 2.20. The summed E-state index contributed by atoms with van der Waals surface area (Å²) in [4.78, 5) is 2.83. The number of ether oxygens (including phenoxy) is 1. The Balaban J connectivity index is 1.95. The highest BCUT2D eigenvalue weighted by atomic mass is 32.1. The van der Waals surface area contributed by atoms with Crippen molar-refractivity contribution >= 4 is 11.3 Å². The van der Waals surface area contributed by atoms with E-state index in [-0.39, 0.29) is 6.04 Å². The summed E-state index contributed by atoms with van der Waals surface area (Å²) < 4.78 is 5.43. The molecule has 1 aliphatic rings. The number of thiophene rings is 1. The van der Waals surface area contributed by atoms with E-state index in [1.165, 1.54) is 40.1 Å². The lowest BCUT2D eigenvalue weighted by atomic mass is 9.99. The molecule has 0 saturated heterocycles. The highest BCUT2D eigenvalue weighted by molar-refractivity contribution is 7.12. The van der Waals surface area contributed by atoms with Crippen LogP contribution >= 0.6 is 11.3 Å². The lowest BCUT2D eigenvalue weighted by Crippen LogP contribution is -2.11. The van der Waals surface area contributed by atoms with E-state index in [9.17, 15) is 0 Å². The number of aryl methyl sites for hydroxylation is 4. The Bertz CT molecular complexity index is 600. The van der Waals surface area contributed by atoms with Crippen LogP contribution in [0.1, 0.15) is 44.5 Å².